The Morgan fingerprint density at radius 3 is 2.56 bits per heavy atom. The fourth-order valence-corrected chi connectivity index (χ4v) is 5.40. The maximum atomic E-state index is 13.4. The van der Waals surface area contributed by atoms with Gasteiger partial charge in [-0.05, 0) is 48.4 Å². The number of anilines is 1. The lowest BCUT2D eigenvalue weighted by Gasteiger charge is -2.17. The summed E-state index contributed by atoms with van der Waals surface area (Å²) < 4.78 is 41.8. The van der Waals surface area contributed by atoms with Gasteiger partial charge < -0.3 is 10.2 Å². The average Bonchev–Trinajstić information content (AvgIpc) is 3.54. The van der Waals surface area contributed by atoms with Gasteiger partial charge in [0.15, 0.2) is 11.0 Å². The zero-order chi connectivity index (χ0) is 27.6. The van der Waals surface area contributed by atoms with Crippen LogP contribution in [-0.4, -0.2) is 38.9 Å². The molecular formula is C27H21ClF3N5O2S. The monoisotopic (exact) mass is 571 g/mol. The van der Waals surface area contributed by atoms with E-state index in [0.717, 1.165) is 29.8 Å². The predicted octanol–water partition coefficient (Wildman–Crippen LogP) is 5.55. The molecule has 2 amide bonds. The maximum Gasteiger partial charge on any atom is 0.417 e. The van der Waals surface area contributed by atoms with Crippen LogP contribution in [0.15, 0.2) is 78.0 Å². The number of para-hydroxylation sites is 1. The lowest BCUT2D eigenvalue weighted by Crippen LogP contribution is -2.30. The molecule has 0 atom stereocenters. The number of alkyl halides is 3. The molecule has 0 saturated carbocycles. The molecule has 0 aliphatic carbocycles. The minimum Gasteiger partial charge on any atom is -0.345 e. The molecule has 0 radical (unpaired) electrons. The van der Waals surface area contributed by atoms with Crippen molar-refractivity contribution in [1.29, 1.82) is 0 Å². The van der Waals surface area contributed by atoms with Gasteiger partial charge in [-0.15, -0.1) is 10.2 Å². The number of rotatable bonds is 7. The van der Waals surface area contributed by atoms with Gasteiger partial charge in [-0.25, -0.2) is 0 Å². The highest BCUT2D eigenvalue weighted by atomic mass is 35.5. The first-order chi connectivity index (χ1) is 18.7. The molecule has 1 aliphatic heterocycles. The number of amides is 2. The normalized spacial score (nSPS) is 12.9. The molecule has 1 aromatic heterocycles. The van der Waals surface area contributed by atoms with E-state index in [4.69, 9.17) is 11.6 Å². The number of halogens is 4. The zero-order valence-electron chi connectivity index (χ0n) is 20.3. The fraction of sp³-hybridized carbons (Fsp3) is 0.185. The molecule has 1 N–H and O–H groups in total. The number of fused-ring (bicyclic) bond motifs is 1. The van der Waals surface area contributed by atoms with E-state index in [1.807, 2.05) is 24.3 Å². The van der Waals surface area contributed by atoms with Crippen LogP contribution in [-0.2, 0) is 23.9 Å². The molecule has 1 aliphatic rings. The number of hydrogen-bond donors (Lipinski definition) is 1. The van der Waals surface area contributed by atoms with Crippen LogP contribution in [0, 0.1) is 0 Å². The third-order valence-corrected chi connectivity index (χ3v) is 7.31. The summed E-state index contributed by atoms with van der Waals surface area (Å²) in [4.78, 5) is 27.5. The molecule has 0 fully saturated rings. The second kappa shape index (κ2) is 11.1. The summed E-state index contributed by atoms with van der Waals surface area (Å²) in [5.74, 6) is -0.653. The van der Waals surface area contributed by atoms with E-state index in [1.165, 1.54) is 23.9 Å². The van der Waals surface area contributed by atoms with Crippen LogP contribution >= 0.6 is 23.4 Å². The molecule has 0 saturated heterocycles. The van der Waals surface area contributed by atoms with Gasteiger partial charge in [0.25, 0.3) is 5.91 Å². The number of hydrogen-bond acceptors (Lipinski definition) is 5. The maximum absolute atomic E-state index is 13.4. The molecule has 7 nitrogen and oxygen atoms in total. The van der Waals surface area contributed by atoms with Gasteiger partial charge in [0.05, 0.1) is 29.1 Å². The lowest BCUT2D eigenvalue weighted by atomic mass is 10.1. The standard InChI is InChI=1S/C27H21ClF3N5O2S/c28-18-7-5-8-19(14-18)36-23(15-32-25(38)20-9-2-3-10-21(20)27(29,30)31)33-34-26(36)39-16-24(37)35-13-12-17-6-1-4-11-22(17)35/h1-11,14H,12-13,15-16H2,(H,32,38). The highest BCUT2D eigenvalue weighted by Crippen LogP contribution is 2.32. The summed E-state index contributed by atoms with van der Waals surface area (Å²) in [5, 5.41) is 11.7. The Morgan fingerprint density at radius 2 is 1.77 bits per heavy atom. The molecule has 5 rings (SSSR count). The molecule has 200 valence electrons. The SMILES string of the molecule is O=C(NCc1nnc(SCC(=O)N2CCc3ccccc32)n1-c1cccc(Cl)c1)c1ccccc1C(F)(F)F. The van der Waals surface area contributed by atoms with E-state index in [0.29, 0.717) is 22.4 Å². The topological polar surface area (TPSA) is 80.1 Å². The summed E-state index contributed by atoms with van der Waals surface area (Å²) >= 11 is 7.37. The molecule has 0 bridgehead atoms. The summed E-state index contributed by atoms with van der Waals surface area (Å²) in [6.07, 6.45) is -3.90. The lowest BCUT2D eigenvalue weighted by molar-refractivity contribution is -0.138. The first-order valence-electron chi connectivity index (χ1n) is 11.9. The van der Waals surface area contributed by atoms with Gasteiger partial charge in [0.2, 0.25) is 5.91 Å². The number of nitrogens with zero attached hydrogens (tertiary/aromatic N) is 4. The number of carbonyl (C=O) groups is 2. The summed E-state index contributed by atoms with van der Waals surface area (Å²) in [5.41, 5.74) is 1.06. The van der Waals surface area contributed by atoms with E-state index >= 15 is 0 Å². The Kier molecular flexibility index (Phi) is 7.62. The van der Waals surface area contributed by atoms with Crippen molar-refractivity contribution in [2.75, 3.05) is 17.2 Å². The molecule has 0 spiro atoms. The van der Waals surface area contributed by atoms with Crippen molar-refractivity contribution >= 4 is 40.9 Å². The van der Waals surface area contributed by atoms with Gasteiger partial charge in [-0.3, -0.25) is 14.2 Å². The summed E-state index contributed by atoms with van der Waals surface area (Å²) in [6, 6.07) is 19.1. The Bertz CT molecular complexity index is 1540. The van der Waals surface area contributed by atoms with Crippen molar-refractivity contribution in [3.63, 3.8) is 0 Å². The van der Waals surface area contributed by atoms with Crippen LogP contribution in [0.5, 0.6) is 0 Å². The number of thioether (sulfide) groups is 1. The van der Waals surface area contributed by atoms with Gasteiger partial charge >= 0.3 is 6.18 Å². The van der Waals surface area contributed by atoms with E-state index in [-0.39, 0.29) is 24.0 Å². The number of nitrogens with one attached hydrogen (secondary N) is 1. The largest absolute Gasteiger partial charge is 0.417 e. The number of benzene rings is 3. The molecule has 0 unspecified atom stereocenters. The predicted molar refractivity (Wildman–Crippen MR) is 142 cm³/mol. The summed E-state index contributed by atoms with van der Waals surface area (Å²) in [6.45, 7) is 0.384. The first-order valence-corrected chi connectivity index (χ1v) is 13.2. The minimum absolute atomic E-state index is 0.0817. The Hall–Kier alpha value is -3.83. The van der Waals surface area contributed by atoms with E-state index < -0.39 is 23.2 Å². The molecule has 3 aromatic carbocycles. The van der Waals surface area contributed by atoms with Gasteiger partial charge in [0, 0.05) is 17.3 Å². The Morgan fingerprint density at radius 1 is 1.00 bits per heavy atom. The van der Waals surface area contributed by atoms with Crippen molar-refractivity contribution in [2.24, 2.45) is 0 Å². The van der Waals surface area contributed by atoms with E-state index in [1.54, 1.807) is 33.7 Å². The van der Waals surface area contributed by atoms with E-state index in [9.17, 15) is 22.8 Å². The van der Waals surface area contributed by atoms with Crippen LogP contribution in [0.1, 0.15) is 27.3 Å². The van der Waals surface area contributed by atoms with Crippen molar-refractivity contribution in [3.8, 4) is 5.69 Å². The van der Waals surface area contributed by atoms with Crippen LogP contribution in [0.2, 0.25) is 5.02 Å². The second-order valence-corrected chi connectivity index (χ2v) is 10.0. The second-order valence-electron chi connectivity index (χ2n) is 8.65. The molecule has 39 heavy (non-hydrogen) atoms. The number of carbonyl (C=O) groups excluding carboxylic acids is 2. The molecule has 4 aromatic rings. The third-order valence-electron chi connectivity index (χ3n) is 6.16. The van der Waals surface area contributed by atoms with Crippen molar-refractivity contribution in [2.45, 2.75) is 24.3 Å². The minimum atomic E-state index is -4.68. The quantitative estimate of drug-likeness (QED) is 0.294. The molecule has 2 heterocycles. The fourth-order valence-electron chi connectivity index (χ4n) is 4.37. The van der Waals surface area contributed by atoms with Crippen LogP contribution in [0.25, 0.3) is 5.69 Å². The number of aromatic nitrogens is 3. The van der Waals surface area contributed by atoms with Crippen molar-refractivity contribution in [3.05, 3.63) is 100 Å². The van der Waals surface area contributed by atoms with Crippen molar-refractivity contribution in [1.82, 2.24) is 20.1 Å². The van der Waals surface area contributed by atoms with Gasteiger partial charge in [-0.1, -0.05) is 59.8 Å². The summed E-state index contributed by atoms with van der Waals surface area (Å²) in [7, 11) is 0. The van der Waals surface area contributed by atoms with Crippen LogP contribution in [0.3, 0.4) is 0 Å². The van der Waals surface area contributed by atoms with Gasteiger partial charge in [-0.2, -0.15) is 13.2 Å². The van der Waals surface area contributed by atoms with Gasteiger partial charge in [0.1, 0.15) is 0 Å². The highest BCUT2D eigenvalue weighted by Gasteiger charge is 2.35. The van der Waals surface area contributed by atoms with Crippen molar-refractivity contribution < 1.29 is 22.8 Å². The highest BCUT2D eigenvalue weighted by molar-refractivity contribution is 7.99. The van der Waals surface area contributed by atoms with Crippen LogP contribution < -0.4 is 10.2 Å². The molecule has 12 heteroatoms. The smallest absolute Gasteiger partial charge is 0.345 e. The van der Waals surface area contributed by atoms with Crippen LogP contribution in [0.4, 0.5) is 18.9 Å². The zero-order valence-corrected chi connectivity index (χ0v) is 21.9. The first kappa shape index (κ1) is 26.8. The average molecular weight is 572 g/mol. The third kappa shape index (κ3) is 5.79. The molecular weight excluding hydrogens is 551 g/mol. The van der Waals surface area contributed by atoms with E-state index in [2.05, 4.69) is 15.5 Å². The Balaban J connectivity index is 1.36. The Labute approximate surface area is 231 Å².